The van der Waals surface area contributed by atoms with Gasteiger partial charge in [-0.05, 0) is 42.5 Å². The predicted octanol–water partition coefficient (Wildman–Crippen LogP) is 4.62. The molecule has 0 saturated carbocycles. The van der Waals surface area contributed by atoms with E-state index in [4.69, 9.17) is 0 Å². The summed E-state index contributed by atoms with van der Waals surface area (Å²) in [6.45, 7) is 1.57. The van der Waals surface area contributed by atoms with Crippen molar-refractivity contribution in [1.29, 1.82) is 0 Å². The van der Waals surface area contributed by atoms with Gasteiger partial charge in [0.15, 0.2) is 0 Å². The normalized spacial score (nSPS) is 15.0. The number of nitrogens with one attached hydrogen (secondary N) is 1. The Balaban J connectivity index is 1.94. The third-order valence-corrected chi connectivity index (χ3v) is 4.63. The average Bonchev–Trinajstić information content (AvgIpc) is 3.20. The van der Waals surface area contributed by atoms with Crippen molar-refractivity contribution >= 4 is 28.6 Å². The van der Waals surface area contributed by atoms with Crippen molar-refractivity contribution in [2.45, 2.75) is 19.0 Å². The number of benzene rings is 1. The highest BCUT2D eigenvalue weighted by molar-refractivity contribution is 7.12. The average molecular weight is 340 g/mol. The van der Waals surface area contributed by atoms with Crippen LogP contribution in [0.1, 0.15) is 28.1 Å². The fourth-order valence-electron chi connectivity index (χ4n) is 2.64. The summed E-state index contributed by atoms with van der Waals surface area (Å²) in [7, 11) is 0. The third kappa shape index (κ3) is 3.50. The first-order valence-electron chi connectivity index (χ1n) is 7.26. The summed E-state index contributed by atoms with van der Waals surface area (Å²) in [6, 6.07) is 6.89. The molecule has 2 heterocycles. The second-order valence-corrected chi connectivity index (χ2v) is 6.30. The minimum Gasteiger partial charge on any atom is -0.370 e. The first-order chi connectivity index (χ1) is 10.9. The van der Waals surface area contributed by atoms with Crippen molar-refractivity contribution in [2.75, 3.05) is 23.3 Å². The standard InChI is InChI=1S/C16H15F3N2OS/c17-16(18,19)11-5-6-13(21-7-1-2-8-21)12(10-11)20-15(22)14-4-3-9-23-14/h3-6,9-10H,1-2,7-8H2,(H,20,22). The molecule has 23 heavy (non-hydrogen) atoms. The number of nitrogens with zero attached hydrogens (tertiary/aromatic N) is 1. The van der Waals surface area contributed by atoms with Crippen molar-refractivity contribution < 1.29 is 18.0 Å². The smallest absolute Gasteiger partial charge is 0.370 e. The van der Waals surface area contributed by atoms with E-state index in [-0.39, 0.29) is 11.6 Å². The molecule has 1 aliphatic heterocycles. The molecule has 2 aromatic rings. The van der Waals surface area contributed by atoms with Gasteiger partial charge in [0.05, 0.1) is 21.8 Å². The highest BCUT2D eigenvalue weighted by atomic mass is 32.1. The molecule has 1 amide bonds. The molecule has 3 nitrogen and oxygen atoms in total. The summed E-state index contributed by atoms with van der Waals surface area (Å²) in [5.74, 6) is -0.389. The van der Waals surface area contributed by atoms with E-state index in [1.807, 2.05) is 4.90 Å². The molecular formula is C16H15F3N2OS. The second kappa shape index (κ2) is 6.23. The van der Waals surface area contributed by atoms with Gasteiger partial charge in [-0.3, -0.25) is 4.79 Å². The van der Waals surface area contributed by atoms with Gasteiger partial charge in [-0.2, -0.15) is 13.2 Å². The van der Waals surface area contributed by atoms with Gasteiger partial charge < -0.3 is 10.2 Å². The Morgan fingerprint density at radius 1 is 1.17 bits per heavy atom. The van der Waals surface area contributed by atoms with Crippen molar-refractivity contribution in [2.24, 2.45) is 0 Å². The van der Waals surface area contributed by atoms with E-state index in [0.29, 0.717) is 10.6 Å². The number of carbonyl (C=O) groups is 1. The predicted molar refractivity (Wildman–Crippen MR) is 85.2 cm³/mol. The molecule has 1 aromatic carbocycles. The summed E-state index contributed by atoms with van der Waals surface area (Å²) in [5.41, 5.74) is 0.0856. The highest BCUT2D eigenvalue weighted by Gasteiger charge is 2.32. The van der Waals surface area contributed by atoms with Crippen LogP contribution in [0.15, 0.2) is 35.7 Å². The molecule has 7 heteroatoms. The second-order valence-electron chi connectivity index (χ2n) is 5.36. The molecule has 0 radical (unpaired) electrons. The van der Waals surface area contributed by atoms with Crippen LogP contribution in [0.5, 0.6) is 0 Å². The van der Waals surface area contributed by atoms with Crippen molar-refractivity contribution in [3.05, 3.63) is 46.2 Å². The third-order valence-electron chi connectivity index (χ3n) is 3.76. The summed E-state index contributed by atoms with van der Waals surface area (Å²) >= 11 is 1.25. The zero-order chi connectivity index (χ0) is 16.4. The van der Waals surface area contributed by atoms with Gasteiger partial charge >= 0.3 is 6.18 Å². The fraction of sp³-hybridized carbons (Fsp3) is 0.312. The summed E-state index contributed by atoms with van der Waals surface area (Å²) < 4.78 is 38.9. The number of halogens is 3. The van der Waals surface area contributed by atoms with E-state index < -0.39 is 11.7 Å². The molecule has 0 unspecified atom stereocenters. The van der Waals surface area contributed by atoms with Gasteiger partial charge in [0.2, 0.25) is 0 Å². The van der Waals surface area contributed by atoms with Crippen molar-refractivity contribution in [1.82, 2.24) is 0 Å². The molecule has 1 aliphatic rings. The topological polar surface area (TPSA) is 32.3 Å². The molecule has 1 aromatic heterocycles. The van der Waals surface area contributed by atoms with Crippen LogP contribution in [0.25, 0.3) is 0 Å². The van der Waals surface area contributed by atoms with E-state index in [9.17, 15) is 18.0 Å². The molecule has 0 bridgehead atoms. The van der Waals surface area contributed by atoms with E-state index in [0.717, 1.165) is 38.1 Å². The number of amides is 1. The maximum atomic E-state index is 13.0. The minimum absolute atomic E-state index is 0.208. The molecule has 1 fully saturated rings. The van der Waals surface area contributed by atoms with E-state index in [1.54, 1.807) is 17.5 Å². The zero-order valence-corrected chi connectivity index (χ0v) is 13.0. The Hall–Kier alpha value is -2.02. The highest BCUT2D eigenvalue weighted by Crippen LogP contribution is 2.36. The quantitative estimate of drug-likeness (QED) is 0.884. The number of hydrogen-bond donors (Lipinski definition) is 1. The summed E-state index contributed by atoms with van der Waals surface area (Å²) in [4.78, 5) is 14.7. The Bertz CT molecular complexity index is 692. The number of rotatable bonds is 3. The Morgan fingerprint density at radius 2 is 1.91 bits per heavy atom. The number of thiophene rings is 1. The SMILES string of the molecule is O=C(Nc1cc(C(F)(F)F)ccc1N1CCCC1)c1cccs1. The first kappa shape index (κ1) is 15.9. The molecule has 1 N–H and O–H groups in total. The Labute approximate surface area is 135 Å². The van der Waals surface area contributed by atoms with Crippen LogP contribution in [-0.4, -0.2) is 19.0 Å². The van der Waals surface area contributed by atoms with Crippen molar-refractivity contribution in [3.8, 4) is 0 Å². The lowest BCUT2D eigenvalue weighted by Crippen LogP contribution is -2.21. The Morgan fingerprint density at radius 3 is 2.52 bits per heavy atom. The number of anilines is 2. The van der Waals surface area contributed by atoms with Crippen LogP contribution >= 0.6 is 11.3 Å². The number of alkyl halides is 3. The molecule has 0 spiro atoms. The molecule has 3 rings (SSSR count). The van der Waals surface area contributed by atoms with Gasteiger partial charge in [0.1, 0.15) is 0 Å². The maximum absolute atomic E-state index is 13.0. The lowest BCUT2D eigenvalue weighted by atomic mass is 10.1. The fourth-order valence-corrected chi connectivity index (χ4v) is 3.26. The summed E-state index contributed by atoms with van der Waals surface area (Å²) in [6.07, 6.45) is -2.44. The Kier molecular flexibility index (Phi) is 4.30. The number of carbonyl (C=O) groups excluding carboxylic acids is 1. The van der Waals surface area contributed by atoms with Gasteiger partial charge in [-0.15, -0.1) is 11.3 Å². The summed E-state index contributed by atoms with van der Waals surface area (Å²) in [5, 5.41) is 4.38. The molecule has 122 valence electrons. The minimum atomic E-state index is -4.44. The lowest BCUT2D eigenvalue weighted by Gasteiger charge is -2.22. The van der Waals surface area contributed by atoms with E-state index in [2.05, 4.69) is 5.32 Å². The van der Waals surface area contributed by atoms with Crippen molar-refractivity contribution in [3.63, 3.8) is 0 Å². The first-order valence-corrected chi connectivity index (χ1v) is 8.14. The van der Waals surface area contributed by atoms with Crippen LogP contribution in [0.3, 0.4) is 0 Å². The van der Waals surface area contributed by atoms with Gasteiger partial charge in [0.25, 0.3) is 5.91 Å². The monoisotopic (exact) mass is 340 g/mol. The molecule has 1 saturated heterocycles. The van der Waals surface area contributed by atoms with Crippen LogP contribution in [0.2, 0.25) is 0 Å². The number of hydrogen-bond acceptors (Lipinski definition) is 3. The lowest BCUT2D eigenvalue weighted by molar-refractivity contribution is -0.137. The molecule has 0 aliphatic carbocycles. The zero-order valence-electron chi connectivity index (χ0n) is 12.2. The molecular weight excluding hydrogens is 325 g/mol. The van der Waals surface area contributed by atoms with Crippen LogP contribution in [0, 0.1) is 0 Å². The van der Waals surface area contributed by atoms with Gasteiger partial charge in [0, 0.05) is 13.1 Å². The van der Waals surface area contributed by atoms with Crippen LogP contribution in [-0.2, 0) is 6.18 Å². The van der Waals surface area contributed by atoms with Crippen LogP contribution < -0.4 is 10.2 Å². The maximum Gasteiger partial charge on any atom is 0.416 e. The largest absolute Gasteiger partial charge is 0.416 e. The molecule has 0 atom stereocenters. The van der Waals surface area contributed by atoms with Gasteiger partial charge in [-0.25, -0.2) is 0 Å². The van der Waals surface area contributed by atoms with E-state index >= 15 is 0 Å². The van der Waals surface area contributed by atoms with Crippen LogP contribution in [0.4, 0.5) is 24.5 Å². The van der Waals surface area contributed by atoms with E-state index in [1.165, 1.54) is 17.4 Å². The van der Waals surface area contributed by atoms with Gasteiger partial charge in [-0.1, -0.05) is 6.07 Å².